The van der Waals surface area contributed by atoms with Gasteiger partial charge >= 0.3 is 0 Å². The third-order valence-corrected chi connectivity index (χ3v) is 2.90. The Morgan fingerprint density at radius 1 is 1.36 bits per heavy atom. The highest BCUT2D eigenvalue weighted by Gasteiger charge is 2.38. The van der Waals surface area contributed by atoms with E-state index in [2.05, 4.69) is 10.6 Å². The lowest BCUT2D eigenvalue weighted by Crippen LogP contribution is -2.34. The number of ether oxygens (including phenoxy) is 1. The van der Waals surface area contributed by atoms with Crippen LogP contribution >= 0.6 is 0 Å². The Bertz CT molecular complexity index is 138. The summed E-state index contributed by atoms with van der Waals surface area (Å²) < 4.78 is 5.14. The van der Waals surface area contributed by atoms with Crippen LogP contribution in [0.1, 0.15) is 0 Å². The highest BCUT2D eigenvalue weighted by atomic mass is 16.5. The molecule has 3 atom stereocenters. The molecule has 3 nitrogen and oxygen atoms in total. The fourth-order valence-electron chi connectivity index (χ4n) is 2.26. The molecule has 0 amide bonds. The molecule has 0 aliphatic carbocycles. The van der Waals surface area contributed by atoms with Gasteiger partial charge in [-0.05, 0) is 31.5 Å². The number of nitrogens with one attached hydrogen (secondary N) is 2. The van der Waals surface area contributed by atoms with E-state index in [-0.39, 0.29) is 0 Å². The minimum Gasteiger partial charge on any atom is -0.383 e. The van der Waals surface area contributed by atoms with Crippen LogP contribution in [-0.4, -0.2) is 39.4 Å². The summed E-state index contributed by atoms with van der Waals surface area (Å²) in [4.78, 5) is 0. The van der Waals surface area contributed by atoms with Gasteiger partial charge in [-0.15, -0.1) is 0 Å². The molecule has 0 aromatic carbocycles. The molecular formula is C8H16N2O. The molecule has 2 N–H and O–H groups in total. The average Bonchev–Trinajstić information content (AvgIpc) is 2.53. The fourth-order valence-corrected chi connectivity index (χ4v) is 2.26. The summed E-state index contributed by atoms with van der Waals surface area (Å²) in [5.41, 5.74) is 0. The Balaban J connectivity index is 1.92. The summed E-state index contributed by atoms with van der Waals surface area (Å²) in [5.74, 6) is 1.67. The monoisotopic (exact) mass is 156 g/mol. The molecule has 2 rings (SSSR count). The normalized spacial score (nSPS) is 42.8. The average molecular weight is 156 g/mol. The van der Waals surface area contributed by atoms with Crippen molar-refractivity contribution in [3.05, 3.63) is 0 Å². The van der Waals surface area contributed by atoms with E-state index < -0.39 is 0 Å². The molecule has 2 aliphatic heterocycles. The molecule has 2 saturated heterocycles. The molecule has 2 heterocycles. The van der Waals surface area contributed by atoms with E-state index in [9.17, 15) is 0 Å². The van der Waals surface area contributed by atoms with Gasteiger partial charge in [0.1, 0.15) is 0 Å². The van der Waals surface area contributed by atoms with Gasteiger partial charge in [-0.1, -0.05) is 0 Å². The minimum atomic E-state index is 0.597. The van der Waals surface area contributed by atoms with Crippen molar-refractivity contribution in [3.63, 3.8) is 0 Å². The standard InChI is InChI=1S/C8H16N2O/c1-11-5-8-7-4-9-2-6(7)3-10-8/h6-10H,2-5H2,1H3. The Kier molecular flexibility index (Phi) is 2.11. The van der Waals surface area contributed by atoms with Crippen molar-refractivity contribution < 1.29 is 4.74 Å². The Morgan fingerprint density at radius 3 is 3.09 bits per heavy atom. The van der Waals surface area contributed by atoms with Crippen LogP contribution < -0.4 is 10.6 Å². The Morgan fingerprint density at radius 2 is 2.27 bits per heavy atom. The summed E-state index contributed by atoms with van der Waals surface area (Å²) in [6, 6.07) is 0.597. The van der Waals surface area contributed by atoms with Gasteiger partial charge in [-0.3, -0.25) is 0 Å². The third kappa shape index (κ3) is 1.28. The van der Waals surface area contributed by atoms with Gasteiger partial charge in [-0.25, -0.2) is 0 Å². The lowest BCUT2D eigenvalue weighted by Gasteiger charge is -2.15. The third-order valence-electron chi connectivity index (χ3n) is 2.90. The van der Waals surface area contributed by atoms with Crippen molar-refractivity contribution in [3.8, 4) is 0 Å². The molecule has 11 heavy (non-hydrogen) atoms. The summed E-state index contributed by atoms with van der Waals surface area (Å²) >= 11 is 0. The fraction of sp³-hybridized carbons (Fsp3) is 1.00. The first-order chi connectivity index (χ1) is 5.42. The van der Waals surface area contributed by atoms with Crippen molar-refractivity contribution in [1.29, 1.82) is 0 Å². The van der Waals surface area contributed by atoms with Crippen LogP contribution in [0.3, 0.4) is 0 Å². The van der Waals surface area contributed by atoms with Gasteiger partial charge in [0.15, 0.2) is 0 Å². The zero-order valence-electron chi connectivity index (χ0n) is 6.97. The van der Waals surface area contributed by atoms with Crippen LogP contribution in [-0.2, 0) is 4.74 Å². The van der Waals surface area contributed by atoms with Crippen molar-refractivity contribution in [1.82, 2.24) is 10.6 Å². The number of rotatable bonds is 2. The second-order valence-corrected chi connectivity index (χ2v) is 3.55. The van der Waals surface area contributed by atoms with Crippen LogP contribution in [0.4, 0.5) is 0 Å². The molecule has 0 saturated carbocycles. The summed E-state index contributed by atoms with van der Waals surface area (Å²) in [6.45, 7) is 4.40. The summed E-state index contributed by atoms with van der Waals surface area (Å²) in [7, 11) is 1.78. The van der Waals surface area contributed by atoms with Crippen molar-refractivity contribution in [2.45, 2.75) is 6.04 Å². The number of hydrogen-bond acceptors (Lipinski definition) is 3. The van der Waals surface area contributed by atoms with Crippen LogP contribution in [0.5, 0.6) is 0 Å². The molecule has 0 spiro atoms. The molecule has 0 radical (unpaired) electrons. The number of fused-ring (bicyclic) bond motifs is 1. The second-order valence-electron chi connectivity index (χ2n) is 3.55. The lowest BCUT2D eigenvalue weighted by molar-refractivity contribution is 0.157. The van der Waals surface area contributed by atoms with E-state index in [1.807, 2.05) is 0 Å². The molecule has 2 fully saturated rings. The molecule has 3 heteroatoms. The maximum absolute atomic E-state index is 5.14. The SMILES string of the molecule is COCC1NCC2CNCC21. The lowest BCUT2D eigenvalue weighted by atomic mass is 9.95. The van der Waals surface area contributed by atoms with Crippen LogP contribution in [0.25, 0.3) is 0 Å². The zero-order chi connectivity index (χ0) is 7.68. The summed E-state index contributed by atoms with van der Waals surface area (Å²) in [5, 5.41) is 6.91. The second kappa shape index (κ2) is 3.09. The molecule has 3 unspecified atom stereocenters. The predicted octanol–water partition coefficient (Wildman–Crippen LogP) is -0.560. The van der Waals surface area contributed by atoms with Crippen molar-refractivity contribution in [2.75, 3.05) is 33.4 Å². The number of hydrogen-bond donors (Lipinski definition) is 2. The van der Waals surface area contributed by atoms with Gasteiger partial charge in [0.25, 0.3) is 0 Å². The van der Waals surface area contributed by atoms with Gasteiger partial charge in [-0.2, -0.15) is 0 Å². The zero-order valence-corrected chi connectivity index (χ0v) is 6.97. The first kappa shape index (κ1) is 7.53. The van der Waals surface area contributed by atoms with Crippen LogP contribution in [0.2, 0.25) is 0 Å². The van der Waals surface area contributed by atoms with Gasteiger partial charge in [0, 0.05) is 13.2 Å². The largest absolute Gasteiger partial charge is 0.383 e. The Labute approximate surface area is 67.5 Å². The van der Waals surface area contributed by atoms with E-state index in [0.29, 0.717) is 6.04 Å². The van der Waals surface area contributed by atoms with E-state index in [4.69, 9.17) is 4.74 Å². The first-order valence-electron chi connectivity index (χ1n) is 4.35. The van der Waals surface area contributed by atoms with Gasteiger partial charge in [0.05, 0.1) is 6.61 Å². The predicted molar refractivity (Wildman–Crippen MR) is 43.5 cm³/mol. The quantitative estimate of drug-likeness (QED) is 0.562. The van der Waals surface area contributed by atoms with E-state index >= 15 is 0 Å². The summed E-state index contributed by atoms with van der Waals surface area (Å²) in [6.07, 6.45) is 0. The highest BCUT2D eigenvalue weighted by Crippen LogP contribution is 2.25. The molecule has 0 aromatic rings. The van der Waals surface area contributed by atoms with Crippen LogP contribution in [0.15, 0.2) is 0 Å². The van der Waals surface area contributed by atoms with E-state index in [0.717, 1.165) is 18.4 Å². The van der Waals surface area contributed by atoms with Gasteiger partial charge in [0.2, 0.25) is 0 Å². The van der Waals surface area contributed by atoms with E-state index in [1.54, 1.807) is 7.11 Å². The van der Waals surface area contributed by atoms with Crippen LogP contribution in [0, 0.1) is 11.8 Å². The smallest absolute Gasteiger partial charge is 0.0619 e. The van der Waals surface area contributed by atoms with Gasteiger partial charge < -0.3 is 15.4 Å². The molecular weight excluding hydrogens is 140 g/mol. The maximum atomic E-state index is 5.14. The molecule has 2 aliphatic rings. The maximum Gasteiger partial charge on any atom is 0.0619 e. The topological polar surface area (TPSA) is 33.3 Å². The molecule has 0 aromatic heterocycles. The van der Waals surface area contributed by atoms with E-state index in [1.165, 1.54) is 19.6 Å². The van der Waals surface area contributed by atoms with Crippen molar-refractivity contribution >= 4 is 0 Å². The molecule has 0 bridgehead atoms. The Hall–Kier alpha value is -0.120. The minimum absolute atomic E-state index is 0.597. The van der Waals surface area contributed by atoms with Crippen molar-refractivity contribution in [2.24, 2.45) is 11.8 Å². The number of methoxy groups -OCH3 is 1. The highest BCUT2D eigenvalue weighted by molar-refractivity contribution is 4.96. The first-order valence-corrected chi connectivity index (χ1v) is 4.35. The molecule has 64 valence electrons.